The summed E-state index contributed by atoms with van der Waals surface area (Å²) in [6.07, 6.45) is 2.64. The van der Waals surface area contributed by atoms with Crippen molar-refractivity contribution in [3.8, 4) is 11.1 Å². The Bertz CT molecular complexity index is 540. The molecule has 0 saturated carbocycles. The molecule has 0 saturated heterocycles. The van der Waals surface area contributed by atoms with E-state index >= 15 is 0 Å². The van der Waals surface area contributed by atoms with E-state index in [9.17, 15) is 4.79 Å². The van der Waals surface area contributed by atoms with Gasteiger partial charge in [0.05, 0.1) is 6.26 Å². The Morgan fingerprint density at radius 2 is 1.86 bits per heavy atom. The number of amides is 1. The Morgan fingerprint density at radius 1 is 1.10 bits per heavy atom. The summed E-state index contributed by atoms with van der Waals surface area (Å²) in [6, 6.07) is 11.6. The number of carbonyl (C=O) groups excluding carboxylic acids is 1. The van der Waals surface area contributed by atoms with Crippen LogP contribution in [0.1, 0.15) is 23.9 Å². The minimum atomic E-state index is -0.174. The molecular weight excluding hydrogens is 288 g/mol. The Morgan fingerprint density at radius 3 is 2.57 bits per heavy atom. The highest BCUT2D eigenvalue weighted by Gasteiger charge is 2.15. The summed E-state index contributed by atoms with van der Waals surface area (Å²) in [5, 5.41) is 6.10. The highest BCUT2D eigenvalue weighted by atomic mass is 35.5. The summed E-state index contributed by atoms with van der Waals surface area (Å²) in [5.74, 6) is 0.193. The predicted octanol–water partition coefficient (Wildman–Crippen LogP) is 3.10. The fourth-order valence-electron chi connectivity index (χ4n) is 1.98. The number of hydrogen-bond acceptors (Lipinski definition) is 3. The average Bonchev–Trinajstić information content (AvgIpc) is 2.97. The van der Waals surface area contributed by atoms with Gasteiger partial charge in [-0.25, -0.2) is 0 Å². The van der Waals surface area contributed by atoms with Crippen molar-refractivity contribution in [2.45, 2.75) is 13.3 Å². The van der Waals surface area contributed by atoms with Crippen LogP contribution in [0.3, 0.4) is 0 Å². The minimum absolute atomic E-state index is 0. The summed E-state index contributed by atoms with van der Waals surface area (Å²) in [5.41, 5.74) is 1.81. The van der Waals surface area contributed by atoms with E-state index in [4.69, 9.17) is 4.42 Å². The number of furan rings is 1. The molecule has 1 heterocycles. The largest absolute Gasteiger partial charge is 0.459 e. The van der Waals surface area contributed by atoms with Crippen molar-refractivity contribution in [2.24, 2.45) is 0 Å². The standard InChI is InChI=1S/C16H20N2O2.ClH/c1-2-9-17-10-11-18-16(19)15-14(8-12-20-15)13-6-4-3-5-7-13;/h3-8,12,17H,2,9-11H2,1H3,(H,18,19);1H. The zero-order valence-electron chi connectivity index (χ0n) is 12.1. The molecule has 2 rings (SSSR count). The summed E-state index contributed by atoms with van der Waals surface area (Å²) >= 11 is 0. The molecule has 5 heteroatoms. The predicted molar refractivity (Wildman–Crippen MR) is 86.9 cm³/mol. The number of nitrogens with one attached hydrogen (secondary N) is 2. The van der Waals surface area contributed by atoms with Crippen molar-refractivity contribution in [3.05, 3.63) is 48.4 Å². The molecule has 1 aromatic carbocycles. The molecular formula is C16H21ClN2O2. The third-order valence-electron chi connectivity index (χ3n) is 2.97. The minimum Gasteiger partial charge on any atom is -0.459 e. The number of halogens is 1. The van der Waals surface area contributed by atoms with E-state index in [1.54, 1.807) is 6.26 Å². The molecule has 114 valence electrons. The first kappa shape index (κ1) is 17.3. The smallest absolute Gasteiger partial charge is 0.287 e. The van der Waals surface area contributed by atoms with Crippen molar-refractivity contribution in [3.63, 3.8) is 0 Å². The summed E-state index contributed by atoms with van der Waals surface area (Å²) < 4.78 is 5.33. The molecule has 2 aromatic rings. The Hall–Kier alpha value is -1.78. The average molecular weight is 309 g/mol. The monoisotopic (exact) mass is 308 g/mol. The van der Waals surface area contributed by atoms with Crippen LogP contribution in [-0.4, -0.2) is 25.5 Å². The Kier molecular flexibility index (Phi) is 7.58. The molecule has 4 nitrogen and oxygen atoms in total. The van der Waals surface area contributed by atoms with Gasteiger partial charge in [-0.05, 0) is 24.6 Å². The first-order valence-corrected chi connectivity index (χ1v) is 6.94. The van der Waals surface area contributed by atoms with Gasteiger partial charge in [-0.3, -0.25) is 4.79 Å². The van der Waals surface area contributed by atoms with E-state index < -0.39 is 0 Å². The highest BCUT2D eigenvalue weighted by Crippen LogP contribution is 2.24. The van der Waals surface area contributed by atoms with Gasteiger partial charge in [0.1, 0.15) is 0 Å². The van der Waals surface area contributed by atoms with Crippen molar-refractivity contribution in [2.75, 3.05) is 19.6 Å². The fraction of sp³-hybridized carbons (Fsp3) is 0.312. The maximum atomic E-state index is 12.1. The van der Waals surface area contributed by atoms with Gasteiger partial charge >= 0.3 is 0 Å². The second kappa shape index (κ2) is 9.21. The van der Waals surface area contributed by atoms with Gasteiger partial charge in [0.25, 0.3) is 5.91 Å². The molecule has 1 aromatic heterocycles. The van der Waals surface area contributed by atoms with Crippen molar-refractivity contribution < 1.29 is 9.21 Å². The van der Waals surface area contributed by atoms with Crippen LogP contribution in [0.25, 0.3) is 11.1 Å². The lowest BCUT2D eigenvalue weighted by Gasteiger charge is -2.06. The number of hydrogen-bond donors (Lipinski definition) is 2. The molecule has 0 radical (unpaired) electrons. The van der Waals surface area contributed by atoms with Crippen LogP contribution in [0.4, 0.5) is 0 Å². The molecule has 2 N–H and O–H groups in total. The number of carbonyl (C=O) groups is 1. The van der Waals surface area contributed by atoms with E-state index in [1.165, 1.54) is 0 Å². The van der Waals surface area contributed by atoms with Gasteiger partial charge in [0, 0.05) is 18.7 Å². The van der Waals surface area contributed by atoms with Crippen molar-refractivity contribution in [1.82, 2.24) is 10.6 Å². The SMILES string of the molecule is CCCNCCNC(=O)c1occc1-c1ccccc1.Cl. The zero-order valence-corrected chi connectivity index (χ0v) is 12.9. The third-order valence-corrected chi connectivity index (χ3v) is 2.97. The summed E-state index contributed by atoms with van der Waals surface area (Å²) in [7, 11) is 0. The molecule has 21 heavy (non-hydrogen) atoms. The van der Waals surface area contributed by atoms with Crippen LogP contribution in [0.2, 0.25) is 0 Å². The van der Waals surface area contributed by atoms with E-state index in [0.29, 0.717) is 12.3 Å². The molecule has 0 unspecified atom stereocenters. The van der Waals surface area contributed by atoms with Crippen LogP contribution in [-0.2, 0) is 0 Å². The van der Waals surface area contributed by atoms with Gasteiger partial charge in [0.2, 0.25) is 0 Å². The summed E-state index contributed by atoms with van der Waals surface area (Å²) in [6.45, 7) is 4.43. The Balaban J connectivity index is 0.00000220. The fourth-order valence-corrected chi connectivity index (χ4v) is 1.98. The molecule has 0 bridgehead atoms. The van der Waals surface area contributed by atoms with Crippen LogP contribution in [0.15, 0.2) is 47.1 Å². The van der Waals surface area contributed by atoms with E-state index in [-0.39, 0.29) is 18.3 Å². The van der Waals surface area contributed by atoms with Gasteiger partial charge in [-0.2, -0.15) is 0 Å². The highest BCUT2D eigenvalue weighted by molar-refractivity contribution is 5.98. The molecule has 0 aliphatic carbocycles. The zero-order chi connectivity index (χ0) is 14.2. The van der Waals surface area contributed by atoms with Crippen molar-refractivity contribution in [1.29, 1.82) is 0 Å². The quantitative estimate of drug-likeness (QED) is 0.773. The maximum absolute atomic E-state index is 12.1. The van der Waals surface area contributed by atoms with Gasteiger partial charge in [-0.15, -0.1) is 12.4 Å². The molecule has 0 atom stereocenters. The Labute approximate surface area is 131 Å². The number of rotatable bonds is 7. The second-order valence-corrected chi connectivity index (χ2v) is 4.54. The van der Waals surface area contributed by atoms with Crippen LogP contribution in [0.5, 0.6) is 0 Å². The lowest BCUT2D eigenvalue weighted by atomic mass is 10.1. The molecule has 0 spiro atoms. The molecule has 1 amide bonds. The first-order chi connectivity index (χ1) is 9.83. The van der Waals surface area contributed by atoms with Crippen LogP contribution in [0, 0.1) is 0 Å². The number of benzene rings is 1. The van der Waals surface area contributed by atoms with E-state index in [0.717, 1.165) is 30.6 Å². The van der Waals surface area contributed by atoms with Gasteiger partial charge in [-0.1, -0.05) is 37.3 Å². The third kappa shape index (κ3) is 4.92. The topological polar surface area (TPSA) is 54.3 Å². The summed E-state index contributed by atoms with van der Waals surface area (Å²) in [4.78, 5) is 12.1. The molecule has 0 aliphatic rings. The van der Waals surface area contributed by atoms with Gasteiger partial charge < -0.3 is 15.1 Å². The first-order valence-electron chi connectivity index (χ1n) is 6.94. The lowest BCUT2D eigenvalue weighted by Crippen LogP contribution is -2.32. The lowest BCUT2D eigenvalue weighted by molar-refractivity contribution is 0.0927. The van der Waals surface area contributed by atoms with Gasteiger partial charge in [0.15, 0.2) is 5.76 Å². The van der Waals surface area contributed by atoms with E-state index in [1.807, 2.05) is 36.4 Å². The van der Waals surface area contributed by atoms with Crippen LogP contribution < -0.4 is 10.6 Å². The van der Waals surface area contributed by atoms with E-state index in [2.05, 4.69) is 17.6 Å². The normalized spacial score (nSPS) is 9.95. The van der Waals surface area contributed by atoms with Crippen LogP contribution >= 0.6 is 12.4 Å². The second-order valence-electron chi connectivity index (χ2n) is 4.54. The van der Waals surface area contributed by atoms with Crippen molar-refractivity contribution >= 4 is 18.3 Å². The molecule has 0 aliphatic heterocycles. The molecule has 0 fully saturated rings. The maximum Gasteiger partial charge on any atom is 0.287 e.